The van der Waals surface area contributed by atoms with Crippen LogP contribution in [0.1, 0.15) is 41.8 Å². The van der Waals surface area contributed by atoms with E-state index in [1.54, 1.807) is 32.2 Å². The highest BCUT2D eigenvalue weighted by Crippen LogP contribution is 2.37. The summed E-state index contributed by atoms with van der Waals surface area (Å²) < 4.78 is 27.8. The average Bonchev–Trinajstić information content (AvgIpc) is 3.29. The first-order valence-electron chi connectivity index (χ1n) is 8.30. The zero-order valence-electron chi connectivity index (χ0n) is 14.4. The number of allylic oxidation sites excluding steroid dienone is 2. The molecule has 1 N–H and O–H groups in total. The number of thiazole rings is 2. The summed E-state index contributed by atoms with van der Waals surface area (Å²) in [6.07, 6.45) is 4.58. The van der Waals surface area contributed by atoms with E-state index in [0.717, 1.165) is 5.57 Å². The van der Waals surface area contributed by atoms with E-state index in [4.69, 9.17) is 0 Å². The Kier molecular flexibility index (Phi) is 5.93. The zero-order valence-corrected chi connectivity index (χ0v) is 16.0. The fourth-order valence-electron chi connectivity index (χ4n) is 2.44. The molecule has 4 nitrogen and oxygen atoms in total. The van der Waals surface area contributed by atoms with E-state index in [1.165, 1.54) is 28.7 Å². The number of hydrogen-bond acceptors (Lipinski definition) is 5. The third-order valence-electron chi connectivity index (χ3n) is 3.90. The Morgan fingerprint density at radius 1 is 1.42 bits per heavy atom. The van der Waals surface area contributed by atoms with Gasteiger partial charge in [-0.15, -0.1) is 22.7 Å². The van der Waals surface area contributed by atoms with Gasteiger partial charge in [0, 0.05) is 24.5 Å². The lowest BCUT2D eigenvalue weighted by atomic mass is 10.1. The first-order valence-corrected chi connectivity index (χ1v) is 9.99. The maximum Gasteiger partial charge on any atom is 0.271 e. The van der Waals surface area contributed by atoms with Crippen molar-refractivity contribution >= 4 is 28.6 Å². The molecule has 2 heterocycles. The summed E-state index contributed by atoms with van der Waals surface area (Å²) >= 11 is 2.56. The van der Waals surface area contributed by atoms with Gasteiger partial charge in [-0.1, -0.05) is 32.1 Å². The van der Waals surface area contributed by atoms with Crippen LogP contribution in [-0.2, 0) is 0 Å². The number of carbonyl (C=O) groups is 1. The van der Waals surface area contributed by atoms with Crippen LogP contribution >= 0.6 is 22.7 Å². The molecule has 0 fully saturated rings. The molecule has 26 heavy (non-hydrogen) atoms. The van der Waals surface area contributed by atoms with Crippen molar-refractivity contribution in [2.75, 3.05) is 6.54 Å². The lowest BCUT2D eigenvalue weighted by molar-refractivity contribution is 0.0949. The quantitative estimate of drug-likeness (QED) is 0.758. The van der Waals surface area contributed by atoms with E-state index in [2.05, 4.69) is 15.3 Å². The molecular formula is C18H19F2N3OS2. The van der Waals surface area contributed by atoms with Gasteiger partial charge < -0.3 is 5.32 Å². The van der Waals surface area contributed by atoms with Crippen LogP contribution in [0.25, 0.3) is 10.0 Å². The second-order valence-electron chi connectivity index (χ2n) is 6.29. The van der Waals surface area contributed by atoms with Crippen molar-refractivity contribution in [1.29, 1.82) is 0 Å². The topological polar surface area (TPSA) is 54.9 Å². The molecule has 2 unspecified atom stereocenters. The molecular weight excluding hydrogens is 376 g/mol. The van der Waals surface area contributed by atoms with Crippen molar-refractivity contribution in [3.63, 3.8) is 0 Å². The molecule has 3 rings (SSSR count). The standard InChI is InChI=1S/C18H19F2N3OS2/c1-10(2)13(20)15-14(23-18(26-15)17-21-7-8-25-17)16(24)22-9-11-3-5-12(19)6-4-11/h3-5,7-8,10,12-13H,6,9H2,1-2H3,(H,22,24). The van der Waals surface area contributed by atoms with Crippen LogP contribution < -0.4 is 5.32 Å². The Hall–Kier alpha value is -1.93. The van der Waals surface area contributed by atoms with Crippen molar-refractivity contribution in [2.24, 2.45) is 5.92 Å². The Labute approximate surface area is 158 Å². The lowest BCUT2D eigenvalue weighted by Crippen LogP contribution is -2.27. The first-order chi connectivity index (χ1) is 12.5. The first kappa shape index (κ1) is 18.8. The molecule has 0 bridgehead atoms. The molecule has 8 heteroatoms. The van der Waals surface area contributed by atoms with Crippen LogP contribution in [-0.4, -0.2) is 28.6 Å². The summed E-state index contributed by atoms with van der Waals surface area (Å²) in [5.74, 6) is -0.698. The Bertz CT molecular complexity index is 828. The number of carbonyl (C=O) groups excluding carboxylic acids is 1. The third kappa shape index (κ3) is 4.24. The van der Waals surface area contributed by atoms with Crippen LogP contribution in [0.5, 0.6) is 0 Å². The number of rotatable bonds is 6. The smallest absolute Gasteiger partial charge is 0.271 e. The summed E-state index contributed by atoms with van der Waals surface area (Å²) in [4.78, 5) is 21.5. The highest BCUT2D eigenvalue weighted by Gasteiger charge is 2.27. The molecule has 2 atom stereocenters. The highest BCUT2D eigenvalue weighted by molar-refractivity contribution is 7.20. The van der Waals surface area contributed by atoms with Crippen LogP contribution in [0.2, 0.25) is 0 Å². The zero-order chi connectivity index (χ0) is 18.7. The van der Waals surface area contributed by atoms with E-state index in [1.807, 2.05) is 5.38 Å². The lowest BCUT2D eigenvalue weighted by Gasteiger charge is -2.13. The molecule has 0 saturated carbocycles. The van der Waals surface area contributed by atoms with Crippen molar-refractivity contribution in [2.45, 2.75) is 32.6 Å². The van der Waals surface area contributed by atoms with Crippen molar-refractivity contribution in [1.82, 2.24) is 15.3 Å². The Morgan fingerprint density at radius 2 is 2.23 bits per heavy atom. The Balaban J connectivity index is 1.80. The minimum absolute atomic E-state index is 0.102. The van der Waals surface area contributed by atoms with Gasteiger partial charge in [-0.25, -0.2) is 18.7 Å². The summed E-state index contributed by atoms with van der Waals surface area (Å²) in [7, 11) is 0. The molecule has 0 spiro atoms. The minimum atomic E-state index is -1.27. The number of amides is 1. The second-order valence-corrected chi connectivity index (χ2v) is 8.21. The van der Waals surface area contributed by atoms with E-state index >= 15 is 0 Å². The second kappa shape index (κ2) is 8.18. The van der Waals surface area contributed by atoms with Gasteiger partial charge in [0.05, 0.1) is 4.88 Å². The Morgan fingerprint density at radius 3 is 2.85 bits per heavy atom. The number of halogens is 2. The third-order valence-corrected chi connectivity index (χ3v) is 5.92. The summed E-state index contributed by atoms with van der Waals surface area (Å²) in [5.41, 5.74) is 0.926. The van der Waals surface area contributed by atoms with Gasteiger partial charge in [0.15, 0.2) is 10.0 Å². The number of hydrogen-bond donors (Lipinski definition) is 1. The van der Waals surface area contributed by atoms with Gasteiger partial charge in [0.25, 0.3) is 5.91 Å². The predicted molar refractivity (Wildman–Crippen MR) is 101 cm³/mol. The molecule has 1 amide bonds. The van der Waals surface area contributed by atoms with Crippen LogP contribution in [0.4, 0.5) is 8.78 Å². The van der Waals surface area contributed by atoms with Gasteiger partial charge in [-0.3, -0.25) is 4.79 Å². The van der Waals surface area contributed by atoms with E-state index in [9.17, 15) is 13.6 Å². The van der Waals surface area contributed by atoms with Crippen molar-refractivity contribution < 1.29 is 13.6 Å². The maximum absolute atomic E-state index is 14.7. The average molecular weight is 396 g/mol. The summed E-state index contributed by atoms with van der Waals surface area (Å²) in [6.45, 7) is 3.78. The fraction of sp³-hybridized carbons (Fsp3) is 0.389. The maximum atomic E-state index is 14.7. The predicted octanol–water partition coefficient (Wildman–Crippen LogP) is 4.89. The molecule has 0 radical (unpaired) electrons. The normalized spacial score (nSPS) is 18.0. The molecule has 0 aliphatic heterocycles. The van der Waals surface area contributed by atoms with Gasteiger partial charge in [-0.05, 0) is 11.5 Å². The van der Waals surface area contributed by atoms with E-state index < -0.39 is 18.3 Å². The molecule has 2 aromatic rings. The number of nitrogens with zero attached hydrogens (tertiary/aromatic N) is 2. The summed E-state index contributed by atoms with van der Waals surface area (Å²) in [5, 5.41) is 5.77. The minimum Gasteiger partial charge on any atom is -0.347 e. The molecule has 0 saturated heterocycles. The van der Waals surface area contributed by atoms with E-state index in [0.29, 0.717) is 21.3 Å². The van der Waals surface area contributed by atoms with Gasteiger partial charge in [-0.2, -0.15) is 0 Å². The molecule has 0 aromatic carbocycles. The number of nitrogens with one attached hydrogen (secondary N) is 1. The SMILES string of the molecule is CC(C)C(F)c1sc(-c2nccs2)nc1C(=O)NCC1=CCC(F)C=C1. The van der Waals surface area contributed by atoms with Crippen molar-refractivity contribution in [3.8, 4) is 10.0 Å². The van der Waals surface area contributed by atoms with Crippen molar-refractivity contribution in [3.05, 3.63) is 45.9 Å². The van der Waals surface area contributed by atoms with Crippen LogP contribution in [0, 0.1) is 5.92 Å². The molecule has 1 aliphatic carbocycles. The monoisotopic (exact) mass is 395 g/mol. The fourth-order valence-corrected chi connectivity index (χ4v) is 4.33. The van der Waals surface area contributed by atoms with Crippen LogP contribution in [0.3, 0.4) is 0 Å². The molecule has 138 valence electrons. The number of alkyl halides is 2. The van der Waals surface area contributed by atoms with Gasteiger partial charge in [0.1, 0.15) is 18.0 Å². The van der Waals surface area contributed by atoms with Crippen LogP contribution in [0.15, 0.2) is 35.4 Å². The number of aromatic nitrogens is 2. The highest BCUT2D eigenvalue weighted by atomic mass is 32.1. The van der Waals surface area contributed by atoms with Gasteiger partial charge in [0.2, 0.25) is 0 Å². The van der Waals surface area contributed by atoms with E-state index in [-0.39, 0.29) is 18.2 Å². The van der Waals surface area contributed by atoms with Gasteiger partial charge >= 0.3 is 0 Å². The molecule has 1 aliphatic rings. The molecule has 2 aromatic heterocycles. The summed E-state index contributed by atoms with van der Waals surface area (Å²) in [6, 6.07) is 0. The largest absolute Gasteiger partial charge is 0.347 e.